The van der Waals surface area contributed by atoms with Gasteiger partial charge in [0.1, 0.15) is 5.75 Å². The number of ether oxygens (including phenoxy) is 1. The van der Waals surface area contributed by atoms with E-state index in [0.717, 1.165) is 24.0 Å². The maximum absolute atomic E-state index is 13.1. The van der Waals surface area contributed by atoms with Crippen LogP contribution in [0.4, 0.5) is 5.69 Å². The fraction of sp³-hybridized carbons (Fsp3) is 0.240. The molecule has 1 aliphatic rings. The Labute approximate surface area is 188 Å². The lowest BCUT2D eigenvalue weighted by Gasteiger charge is -2.19. The molecule has 4 rings (SSSR count). The summed E-state index contributed by atoms with van der Waals surface area (Å²) in [6.07, 6.45) is 1.90. The van der Waals surface area contributed by atoms with Gasteiger partial charge in [-0.25, -0.2) is 13.1 Å². The molecule has 1 amide bonds. The molecule has 0 atom stereocenters. The van der Waals surface area contributed by atoms with Gasteiger partial charge in [-0.15, -0.1) is 0 Å². The molecular formula is C25H26N2O4S. The van der Waals surface area contributed by atoms with E-state index < -0.39 is 10.0 Å². The molecule has 0 unspecified atom stereocenters. The lowest BCUT2D eigenvalue weighted by atomic mass is 9.88. The molecule has 1 aliphatic carbocycles. The van der Waals surface area contributed by atoms with Gasteiger partial charge in [-0.05, 0) is 42.2 Å². The van der Waals surface area contributed by atoms with E-state index in [-0.39, 0.29) is 29.2 Å². The van der Waals surface area contributed by atoms with E-state index in [1.54, 1.807) is 6.07 Å². The second kappa shape index (κ2) is 9.54. The van der Waals surface area contributed by atoms with Crippen molar-refractivity contribution in [3.8, 4) is 5.75 Å². The van der Waals surface area contributed by atoms with E-state index in [0.29, 0.717) is 11.4 Å². The number of hydrogen-bond donors (Lipinski definition) is 2. The number of sulfonamides is 1. The maximum Gasteiger partial charge on any atom is 0.240 e. The first-order valence-corrected chi connectivity index (χ1v) is 12.0. The molecule has 0 bridgehead atoms. The van der Waals surface area contributed by atoms with Crippen LogP contribution < -0.4 is 14.8 Å². The van der Waals surface area contributed by atoms with Crippen molar-refractivity contribution in [2.45, 2.75) is 36.1 Å². The van der Waals surface area contributed by atoms with Crippen LogP contribution in [0, 0.1) is 0 Å². The van der Waals surface area contributed by atoms with E-state index >= 15 is 0 Å². The molecule has 2 N–H and O–H groups in total. The molecule has 166 valence electrons. The van der Waals surface area contributed by atoms with Crippen LogP contribution in [0.2, 0.25) is 0 Å². The van der Waals surface area contributed by atoms with Gasteiger partial charge >= 0.3 is 0 Å². The van der Waals surface area contributed by atoms with Gasteiger partial charge in [0, 0.05) is 18.4 Å². The highest BCUT2D eigenvalue weighted by Crippen LogP contribution is 2.32. The molecule has 1 saturated carbocycles. The van der Waals surface area contributed by atoms with Crippen molar-refractivity contribution in [1.29, 1.82) is 0 Å². The quantitative estimate of drug-likeness (QED) is 0.509. The fourth-order valence-electron chi connectivity index (χ4n) is 3.63. The highest BCUT2D eigenvalue weighted by molar-refractivity contribution is 7.89. The third kappa shape index (κ3) is 5.36. The SMILES string of the molecule is COc1ccc(S(=O)(=O)NC2CC2)cc1NC(=O)CC(c1ccccc1)c1ccccc1. The first kappa shape index (κ1) is 22.0. The zero-order chi connectivity index (χ0) is 22.6. The lowest BCUT2D eigenvalue weighted by Crippen LogP contribution is -2.26. The summed E-state index contributed by atoms with van der Waals surface area (Å²) in [5.41, 5.74) is 2.40. The number of anilines is 1. The minimum Gasteiger partial charge on any atom is -0.495 e. The zero-order valence-corrected chi connectivity index (χ0v) is 18.6. The topological polar surface area (TPSA) is 84.5 Å². The average molecular weight is 451 g/mol. The van der Waals surface area contributed by atoms with Crippen molar-refractivity contribution in [3.05, 3.63) is 90.0 Å². The summed E-state index contributed by atoms with van der Waals surface area (Å²) in [6, 6.07) is 24.2. The molecule has 6 nitrogen and oxygen atoms in total. The summed E-state index contributed by atoms with van der Waals surface area (Å²) in [5.74, 6) is 0.0391. The summed E-state index contributed by atoms with van der Waals surface area (Å²) < 4.78 is 33.2. The first-order valence-electron chi connectivity index (χ1n) is 10.6. The minimum atomic E-state index is -3.65. The van der Waals surface area contributed by atoms with Crippen LogP contribution in [0.1, 0.15) is 36.3 Å². The molecular weight excluding hydrogens is 424 g/mol. The monoisotopic (exact) mass is 450 g/mol. The minimum absolute atomic E-state index is 0.00218. The van der Waals surface area contributed by atoms with Crippen LogP contribution in [0.5, 0.6) is 5.75 Å². The summed E-state index contributed by atoms with van der Waals surface area (Å²) in [4.78, 5) is 13.2. The van der Waals surface area contributed by atoms with E-state index in [9.17, 15) is 13.2 Å². The standard InChI is InChI=1S/C25H26N2O4S/c1-31-24-15-14-21(32(29,30)27-20-12-13-20)16-23(24)26-25(28)17-22(18-8-4-2-5-9-18)19-10-6-3-7-11-19/h2-11,14-16,20,22,27H,12-13,17H2,1H3,(H,26,28). The number of amides is 1. The predicted octanol–water partition coefficient (Wildman–Crippen LogP) is 4.30. The van der Waals surface area contributed by atoms with Gasteiger partial charge in [0.25, 0.3) is 0 Å². The average Bonchev–Trinajstić information content (AvgIpc) is 3.62. The third-order valence-electron chi connectivity index (χ3n) is 5.45. The zero-order valence-electron chi connectivity index (χ0n) is 17.8. The van der Waals surface area contributed by atoms with Crippen molar-refractivity contribution in [2.75, 3.05) is 12.4 Å². The van der Waals surface area contributed by atoms with Crippen LogP contribution in [0.25, 0.3) is 0 Å². The molecule has 3 aromatic carbocycles. The molecule has 3 aromatic rings. The molecule has 0 saturated heterocycles. The highest BCUT2D eigenvalue weighted by atomic mass is 32.2. The predicted molar refractivity (Wildman–Crippen MR) is 124 cm³/mol. The van der Waals surface area contributed by atoms with Crippen molar-refractivity contribution in [2.24, 2.45) is 0 Å². The Morgan fingerprint density at radius 2 is 1.56 bits per heavy atom. The largest absolute Gasteiger partial charge is 0.495 e. The number of nitrogens with one attached hydrogen (secondary N) is 2. The first-order chi connectivity index (χ1) is 15.5. The van der Waals surface area contributed by atoms with E-state index in [2.05, 4.69) is 10.0 Å². The normalized spacial score (nSPS) is 13.7. The number of hydrogen-bond acceptors (Lipinski definition) is 4. The third-order valence-corrected chi connectivity index (χ3v) is 6.97. The molecule has 7 heteroatoms. The number of benzene rings is 3. The maximum atomic E-state index is 13.1. The number of carbonyl (C=O) groups excluding carboxylic acids is 1. The van der Waals surface area contributed by atoms with Gasteiger partial charge < -0.3 is 10.1 Å². The Bertz CT molecular complexity index is 1140. The molecule has 1 fully saturated rings. The van der Waals surface area contributed by atoms with Crippen LogP contribution in [-0.4, -0.2) is 27.5 Å². The smallest absolute Gasteiger partial charge is 0.240 e. The van der Waals surface area contributed by atoms with Gasteiger partial charge in [0.05, 0.1) is 17.7 Å². The van der Waals surface area contributed by atoms with E-state index in [1.807, 2.05) is 60.7 Å². The van der Waals surface area contributed by atoms with Crippen LogP contribution in [-0.2, 0) is 14.8 Å². The molecule has 32 heavy (non-hydrogen) atoms. The van der Waals surface area contributed by atoms with Crippen LogP contribution in [0.3, 0.4) is 0 Å². The number of rotatable bonds is 9. The van der Waals surface area contributed by atoms with Crippen LogP contribution >= 0.6 is 0 Å². The number of methoxy groups -OCH3 is 1. The van der Waals surface area contributed by atoms with Crippen molar-refractivity contribution >= 4 is 21.6 Å². The Morgan fingerprint density at radius 3 is 2.09 bits per heavy atom. The fourth-order valence-corrected chi connectivity index (χ4v) is 4.96. The molecule has 0 radical (unpaired) electrons. The Hall–Kier alpha value is -3.16. The molecule has 0 aromatic heterocycles. The van der Waals surface area contributed by atoms with Gasteiger partial charge in [-0.3, -0.25) is 4.79 Å². The van der Waals surface area contributed by atoms with Gasteiger partial charge in [-0.2, -0.15) is 0 Å². The summed E-state index contributed by atoms with van der Waals surface area (Å²) >= 11 is 0. The summed E-state index contributed by atoms with van der Waals surface area (Å²) in [7, 11) is -2.16. The van der Waals surface area contributed by atoms with Gasteiger partial charge in [0.15, 0.2) is 0 Å². The highest BCUT2D eigenvalue weighted by Gasteiger charge is 2.28. The van der Waals surface area contributed by atoms with Gasteiger partial charge in [-0.1, -0.05) is 60.7 Å². The van der Waals surface area contributed by atoms with Crippen molar-refractivity contribution in [1.82, 2.24) is 4.72 Å². The Balaban J connectivity index is 1.57. The van der Waals surface area contributed by atoms with E-state index in [1.165, 1.54) is 19.2 Å². The van der Waals surface area contributed by atoms with Crippen LogP contribution in [0.15, 0.2) is 83.8 Å². The van der Waals surface area contributed by atoms with E-state index in [4.69, 9.17) is 4.74 Å². The van der Waals surface area contributed by atoms with Crippen molar-refractivity contribution in [3.63, 3.8) is 0 Å². The molecule has 0 spiro atoms. The summed E-state index contributed by atoms with van der Waals surface area (Å²) in [6.45, 7) is 0. The van der Waals surface area contributed by atoms with Crippen molar-refractivity contribution < 1.29 is 17.9 Å². The van der Waals surface area contributed by atoms with Gasteiger partial charge in [0.2, 0.25) is 15.9 Å². The second-order valence-electron chi connectivity index (χ2n) is 7.88. The Morgan fingerprint density at radius 1 is 0.969 bits per heavy atom. The lowest BCUT2D eigenvalue weighted by molar-refractivity contribution is -0.116. The molecule has 0 aliphatic heterocycles. The Kier molecular flexibility index (Phi) is 6.58. The second-order valence-corrected chi connectivity index (χ2v) is 9.60. The summed E-state index contributed by atoms with van der Waals surface area (Å²) in [5, 5.41) is 2.86. The molecule has 0 heterocycles. The number of carbonyl (C=O) groups is 1.